The van der Waals surface area contributed by atoms with Gasteiger partial charge in [-0.25, -0.2) is 0 Å². The standard InChI is InChI=1S/C22H22N2O3/c1-2-24-13-12-21(23-24)22(25)11-10-18-8-9-20(27-18)15-26-19-7-6-16-4-3-5-17(16)14-19/h6-14H,2-5,15H2,1H3. The Morgan fingerprint density at radius 2 is 2.11 bits per heavy atom. The Bertz CT molecular complexity index is 981. The summed E-state index contributed by atoms with van der Waals surface area (Å²) in [4.78, 5) is 12.1. The highest BCUT2D eigenvalue weighted by Gasteiger charge is 2.11. The molecule has 0 spiro atoms. The Hall–Kier alpha value is -3.08. The maximum absolute atomic E-state index is 12.1. The van der Waals surface area contributed by atoms with Gasteiger partial charge in [-0.2, -0.15) is 5.10 Å². The smallest absolute Gasteiger partial charge is 0.206 e. The van der Waals surface area contributed by atoms with Crippen molar-refractivity contribution in [1.82, 2.24) is 9.78 Å². The predicted molar refractivity (Wildman–Crippen MR) is 103 cm³/mol. The van der Waals surface area contributed by atoms with E-state index in [0.717, 1.165) is 24.5 Å². The molecule has 0 radical (unpaired) electrons. The van der Waals surface area contributed by atoms with Crippen LogP contribution < -0.4 is 4.74 Å². The number of hydrogen-bond acceptors (Lipinski definition) is 4. The minimum absolute atomic E-state index is 0.144. The van der Waals surface area contributed by atoms with Crippen LogP contribution >= 0.6 is 0 Å². The molecular formula is C22H22N2O3. The molecule has 0 saturated heterocycles. The van der Waals surface area contributed by atoms with Crippen LogP contribution in [0.4, 0.5) is 0 Å². The molecule has 0 fully saturated rings. The molecular weight excluding hydrogens is 340 g/mol. The highest BCUT2D eigenvalue weighted by atomic mass is 16.5. The first kappa shape index (κ1) is 17.3. The number of carbonyl (C=O) groups is 1. The molecule has 1 aromatic carbocycles. The Labute approximate surface area is 158 Å². The van der Waals surface area contributed by atoms with E-state index in [2.05, 4.69) is 17.2 Å². The summed E-state index contributed by atoms with van der Waals surface area (Å²) in [5.41, 5.74) is 3.25. The van der Waals surface area contributed by atoms with E-state index in [0.29, 0.717) is 18.1 Å². The van der Waals surface area contributed by atoms with Crippen LogP contribution in [0.2, 0.25) is 0 Å². The van der Waals surface area contributed by atoms with E-state index in [9.17, 15) is 4.79 Å². The number of aromatic nitrogens is 2. The number of ether oxygens (including phenoxy) is 1. The average molecular weight is 362 g/mol. The van der Waals surface area contributed by atoms with Crippen LogP contribution in [-0.4, -0.2) is 15.6 Å². The highest BCUT2D eigenvalue weighted by molar-refractivity contribution is 6.05. The van der Waals surface area contributed by atoms with Crippen molar-refractivity contribution in [2.45, 2.75) is 39.3 Å². The van der Waals surface area contributed by atoms with Gasteiger partial charge in [0.25, 0.3) is 0 Å². The SMILES string of the molecule is CCn1ccc(C(=O)C=Cc2ccc(COc3ccc4c(c3)CCC4)o2)n1. The van der Waals surface area contributed by atoms with Gasteiger partial charge in [0.05, 0.1) is 0 Å². The largest absolute Gasteiger partial charge is 0.486 e. The molecule has 4 rings (SSSR count). The van der Waals surface area contributed by atoms with Crippen LogP contribution in [0.5, 0.6) is 5.75 Å². The van der Waals surface area contributed by atoms with Gasteiger partial charge in [-0.3, -0.25) is 9.48 Å². The van der Waals surface area contributed by atoms with E-state index < -0.39 is 0 Å². The normalized spacial score (nSPS) is 13.2. The molecule has 1 aliphatic carbocycles. The number of allylic oxidation sites excluding steroid dienone is 1. The van der Waals surface area contributed by atoms with Gasteiger partial charge in [0.1, 0.15) is 29.6 Å². The zero-order valence-corrected chi connectivity index (χ0v) is 15.4. The van der Waals surface area contributed by atoms with Gasteiger partial charge < -0.3 is 9.15 Å². The number of nitrogens with zero attached hydrogens (tertiary/aromatic N) is 2. The average Bonchev–Trinajstić information content (AvgIpc) is 3.44. The number of aryl methyl sites for hydroxylation is 3. The van der Waals surface area contributed by atoms with Crippen molar-refractivity contribution in [2.75, 3.05) is 0 Å². The first-order valence-electron chi connectivity index (χ1n) is 9.30. The summed E-state index contributed by atoms with van der Waals surface area (Å²) < 4.78 is 13.3. The monoisotopic (exact) mass is 362 g/mol. The molecule has 5 heteroatoms. The molecule has 5 nitrogen and oxygen atoms in total. The number of fused-ring (bicyclic) bond motifs is 1. The van der Waals surface area contributed by atoms with Crippen molar-refractivity contribution in [2.24, 2.45) is 0 Å². The Balaban J connectivity index is 1.35. The van der Waals surface area contributed by atoms with Crippen molar-refractivity contribution in [3.63, 3.8) is 0 Å². The van der Waals surface area contributed by atoms with Crippen LogP contribution in [-0.2, 0) is 26.0 Å². The molecule has 0 N–H and O–H groups in total. The fraction of sp³-hybridized carbons (Fsp3) is 0.273. The van der Waals surface area contributed by atoms with Gasteiger partial charge in [-0.1, -0.05) is 6.07 Å². The van der Waals surface area contributed by atoms with Gasteiger partial charge in [0.2, 0.25) is 5.78 Å². The highest BCUT2D eigenvalue weighted by Crippen LogP contribution is 2.26. The number of rotatable bonds is 7. The number of hydrogen-bond donors (Lipinski definition) is 0. The van der Waals surface area contributed by atoms with E-state index >= 15 is 0 Å². The molecule has 0 aliphatic heterocycles. The van der Waals surface area contributed by atoms with E-state index in [1.54, 1.807) is 23.0 Å². The Kier molecular flexibility index (Phi) is 4.92. The van der Waals surface area contributed by atoms with Gasteiger partial charge in [-0.05, 0) is 79.8 Å². The summed E-state index contributed by atoms with van der Waals surface area (Å²) in [6.45, 7) is 3.08. The second-order valence-corrected chi connectivity index (χ2v) is 6.63. The van der Waals surface area contributed by atoms with Gasteiger partial charge in [0.15, 0.2) is 0 Å². The van der Waals surface area contributed by atoms with Crippen LogP contribution in [0.1, 0.15) is 46.5 Å². The zero-order valence-electron chi connectivity index (χ0n) is 15.4. The molecule has 0 amide bonds. The van der Waals surface area contributed by atoms with Gasteiger partial charge in [-0.15, -0.1) is 0 Å². The summed E-state index contributed by atoms with van der Waals surface area (Å²) in [5.74, 6) is 2.06. The van der Waals surface area contributed by atoms with Crippen LogP contribution in [0, 0.1) is 0 Å². The van der Waals surface area contributed by atoms with Crippen molar-refractivity contribution in [3.8, 4) is 5.75 Å². The van der Waals surface area contributed by atoms with E-state index in [1.807, 2.05) is 25.1 Å². The lowest BCUT2D eigenvalue weighted by Crippen LogP contribution is -1.99. The molecule has 1 aliphatic rings. The number of carbonyl (C=O) groups excluding carboxylic acids is 1. The topological polar surface area (TPSA) is 57.3 Å². The molecule has 27 heavy (non-hydrogen) atoms. The maximum atomic E-state index is 12.1. The Morgan fingerprint density at radius 1 is 1.22 bits per heavy atom. The molecule has 138 valence electrons. The quantitative estimate of drug-likeness (QED) is 0.460. The molecule has 2 heterocycles. The fourth-order valence-corrected chi connectivity index (χ4v) is 3.27. The Morgan fingerprint density at radius 3 is 2.96 bits per heavy atom. The third-order valence-electron chi connectivity index (χ3n) is 4.75. The van der Waals surface area contributed by atoms with Crippen LogP contribution in [0.3, 0.4) is 0 Å². The first-order chi connectivity index (χ1) is 13.2. The lowest BCUT2D eigenvalue weighted by Gasteiger charge is -2.06. The lowest BCUT2D eigenvalue weighted by molar-refractivity contribution is 0.104. The summed E-state index contributed by atoms with van der Waals surface area (Å²) in [6, 6.07) is 11.7. The molecule has 0 unspecified atom stereocenters. The second-order valence-electron chi connectivity index (χ2n) is 6.63. The summed E-state index contributed by atoms with van der Waals surface area (Å²) in [6.07, 6.45) is 8.46. The van der Waals surface area contributed by atoms with Gasteiger partial charge in [0, 0.05) is 12.7 Å². The maximum Gasteiger partial charge on any atom is 0.206 e. The third kappa shape index (κ3) is 4.03. The molecule has 0 saturated carbocycles. The van der Waals surface area contributed by atoms with Crippen molar-refractivity contribution in [1.29, 1.82) is 0 Å². The predicted octanol–water partition coefficient (Wildman–Crippen LogP) is 4.46. The fourth-order valence-electron chi connectivity index (χ4n) is 3.27. The summed E-state index contributed by atoms with van der Waals surface area (Å²) in [7, 11) is 0. The first-order valence-corrected chi connectivity index (χ1v) is 9.30. The minimum atomic E-state index is -0.144. The zero-order chi connectivity index (χ0) is 18.6. The molecule has 2 aromatic heterocycles. The third-order valence-corrected chi connectivity index (χ3v) is 4.75. The second kappa shape index (κ2) is 7.66. The molecule has 3 aromatic rings. The van der Waals surface area contributed by atoms with Crippen molar-refractivity contribution in [3.05, 3.63) is 77.0 Å². The minimum Gasteiger partial charge on any atom is -0.486 e. The number of benzene rings is 1. The lowest BCUT2D eigenvalue weighted by atomic mass is 10.1. The van der Waals surface area contributed by atoms with E-state index in [1.165, 1.54) is 30.0 Å². The van der Waals surface area contributed by atoms with Gasteiger partial charge >= 0.3 is 0 Å². The van der Waals surface area contributed by atoms with Crippen LogP contribution in [0.25, 0.3) is 6.08 Å². The molecule has 0 atom stereocenters. The summed E-state index contributed by atoms with van der Waals surface area (Å²) in [5, 5.41) is 4.20. The number of ketones is 1. The molecule has 0 bridgehead atoms. The number of furan rings is 1. The van der Waals surface area contributed by atoms with Crippen molar-refractivity contribution < 1.29 is 13.9 Å². The van der Waals surface area contributed by atoms with E-state index in [4.69, 9.17) is 9.15 Å². The van der Waals surface area contributed by atoms with Crippen molar-refractivity contribution >= 4 is 11.9 Å². The summed E-state index contributed by atoms with van der Waals surface area (Å²) >= 11 is 0. The van der Waals surface area contributed by atoms with E-state index in [-0.39, 0.29) is 5.78 Å². The van der Waals surface area contributed by atoms with Crippen LogP contribution in [0.15, 0.2) is 53.1 Å².